The maximum Gasteiger partial charge on any atom is 0.267 e. The summed E-state index contributed by atoms with van der Waals surface area (Å²) in [4.78, 5) is 23.1. The SMILES string of the molecule is NC(=O)c1cc(NCc2ncnn2-c2ccccc2)ncn1. The topological polar surface area (TPSA) is 112 Å². The predicted octanol–water partition coefficient (Wildman–Crippen LogP) is 0.768. The minimum absolute atomic E-state index is 0.155. The molecule has 0 aliphatic carbocycles. The van der Waals surface area contributed by atoms with E-state index in [0.717, 1.165) is 5.69 Å². The number of benzene rings is 1. The van der Waals surface area contributed by atoms with E-state index in [1.165, 1.54) is 18.7 Å². The van der Waals surface area contributed by atoms with Gasteiger partial charge in [0.2, 0.25) is 0 Å². The van der Waals surface area contributed by atoms with E-state index in [-0.39, 0.29) is 5.69 Å². The molecule has 0 radical (unpaired) electrons. The molecule has 8 nitrogen and oxygen atoms in total. The van der Waals surface area contributed by atoms with Crippen molar-refractivity contribution in [2.75, 3.05) is 5.32 Å². The number of para-hydroxylation sites is 1. The van der Waals surface area contributed by atoms with E-state index >= 15 is 0 Å². The summed E-state index contributed by atoms with van der Waals surface area (Å²) in [6, 6.07) is 11.2. The molecule has 0 spiro atoms. The normalized spacial score (nSPS) is 10.4. The summed E-state index contributed by atoms with van der Waals surface area (Å²) >= 11 is 0. The number of primary amides is 1. The van der Waals surface area contributed by atoms with E-state index < -0.39 is 5.91 Å². The van der Waals surface area contributed by atoms with Gasteiger partial charge >= 0.3 is 0 Å². The van der Waals surface area contributed by atoms with Crippen LogP contribution in [0.2, 0.25) is 0 Å². The largest absolute Gasteiger partial charge is 0.364 e. The van der Waals surface area contributed by atoms with Gasteiger partial charge in [0.1, 0.15) is 24.2 Å². The van der Waals surface area contributed by atoms with E-state index in [0.29, 0.717) is 18.2 Å². The Morgan fingerprint density at radius 3 is 2.73 bits per heavy atom. The van der Waals surface area contributed by atoms with Crippen LogP contribution in [0.5, 0.6) is 0 Å². The first-order chi connectivity index (χ1) is 10.7. The van der Waals surface area contributed by atoms with Gasteiger partial charge in [-0.15, -0.1) is 0 Å². The number of anilines is 1. The first-order valence-electron chi connectivity index (χ1n) is 6.54. The van der Waals surface area contributed by atoms with E-state index in [4.69, 9.17) is 5.73 Å². The van der Waals surface area contributed by atoms with Gasteiger partial charge in [-0.25, -0.2) is 19.6 Å². The second-order valence-corrected chi connectivity index (χ2v) is 4.43. The Morgan fingerprint density at radius 1 is 1.14 bits per heavy atom. The van der Waals surface area contributed by atoms with Crippen molar-refractivity contribution in [3.05, 3.63) is 60.6 Å². The van der Waals surface area contributed by atoms with Crippen LogP contribution >= 0.6 is 0 Å². The molecule has 110 valence electrons. The summed E-state index contributed by atoms with van der Waals surface area (Å²) < 4.78 is 1.73. The third-order valence-corrected chi connectivity index (χ3v) is 2.97. The summed E-state index contributed by atoms with van der Waals surface area (Å²) in [6.07, 6.45) is 2.77. The summed E-state index contributed by atoms with van der Waals surface area (Å²) in [5, 5.41) is 7.27. The third-order valence-electron chi connectivity index (χ3n) is 2.97. The lowest BCUT2D eigenvalue weighted by molar-refractivity contribution is 0.0995. The molecular weight excluding hydrogens is 282 g/mol. The van der Waals surface area contributed by atoms with Crippen LogP contribution in [0.1, 0.15) is 16.3 Å². The van der Waals surface area contributed by atoms with Crippen LogP contribution in [0.3, 0.4) is 0 Å². The zero-order chi connectivity index (χ0) is 15.4. The molecule has 0 saturated heterocycles. The van der Waals surface area contributed by atoms with Gasteiger partial charge in [0, 0.05) is 6.07 Å². The Bertz CT molecular complexity index is 785. The van der Waals surface area contributed by atoms with Crippen LogP contribution in [-0.2, 0) is 6.54 Å². The zero-order valence-electron chi connectivity index (χ0n) is 11.5. The van der Waals surface area contributed by atoms with Crippen molar-refractivity contribution >= 4 is 11.7 Å². The van der Waals surface area contributed by atoms with Crippen LogP contribution < -0.4 is 11.1 Å². The summed E-state index contributed by atoms with van der Waals surface area (Å²) in [5.41, 5.74) is 6.26. The van der Waals surface area contributed by atoms with Crippen LogP contribution in [0.25, 0.3) is 5.69 Å². The number of rotatable bonds is 5. The van der Waals surface area contributed by atoms with E-state index in [9.17, 15) is 4.79 Å². The predicted molar refractivity (Wildman–Crippen MR) is 79.2 cm³/mol. The number of carbonyl (C=O) groups excluding carboxylic acids is 1. The lowest BCUT2D eigenvalue weighted by atomic mass is 10.3. The third kappa shape index (κ3) is 2.90. The molecule has 2 aromatic heterocycles. The standard InChI is InChI=1S/C14H13N7O/c15-14(22)11-6-12(18-8-17-11)16-7-13-19-9-20-21(13)10-4-2-1-3-5-10/h1-6,8-9H,7H2,(H2,15,22)(H,16,17,18). The number of carbonyl (C=O) groups is 1. The molecule has 0 aliphatic rings. The molecule has 1 amide bonds. The highest BCUT2D eigenvalue weighted by molar-refractivity contribution is 5.91. The Balaban J connectivity index is 1.77. The lowest BCUT2D eigenvalue weighted by Gasteiger charge is -2.08. The van der Waals surface area contributed by atoms with Crippen molar-refractivity contribution in [3.8, 4) is 5.69 Å². The summed E-state index contributed by atoms with van der Waals surface area (Å²) in [7, 11) is 0. The Labute approximate surface area is 126 Å². The highest BCUT2D eigenvalue weighted by Gasteiger charge is 2.08. The Hall–Kier alpha value is -3.29. The number of amides is 1. The van der Waals surface area contributed by atoms with E-state index in [1.54, 1.807) is 4.68 Å². The molecule has 0 saturated carbocycles. The van der Waals surface area contributed by atoms with Gasteiger partial charge in [-0.2, -0.15) is 5.10 Å². The second-order valence-electron chi connectivity index (χ2n) is 4.43. The average Bonchev–Trinajstić information content (AvgIpc) is 3.02. The van der Waals surface area contributed by atoms with Gasteiger partial charge in [-0.3, -0.25) is 4.79 Å². The molecule has 3 rings (SSSR count). The number of nitrogens with one attached hydrogen (secondary N) is 1. The molecule has 3 aromatic rings. The summed E-state index contributed by atoms with van der Waals surface area (Å²) in [6.45, 7) is 0.393. The van der Waals surface area contributed by atoms with Gasteiger partial charge in [-0.1, -0.05) is 18.2 Å². The molecule has 8 heteroatoms. The molecular formula is C14H13N7O. The van der Waals surface area contributed by atoms with Gasteiger partial charge in [-0.05, 0) is 12.1 Å². The molecule has 0 aliphatic heterocycles. The zero-order valence-corrected chi connectivity index (χ0v) is 11.5. The number of hydrogen-bond donors (Lipinski definition) is 2. The molecule has 0 unspecified atom stereocenters. The number of hydrogen-bond acceptors (Lipinski definition) is 6. The molecule has 3 N–H and O–H groups in total. The van der Waals surface area contributed by atoms with Gasteiger partial charge in [0.05, 0.1) is 12.2 Å². The van der Waals surface area contributed by atoms with Crippen molar-refractivity contribution in [3.63, 3.8) is 0 Å². The van der Waals surface area contributed by atoms with Crippen LogP contribution in [0, 0.1) is 0 Å². The smallest absolute Gasteiger partial charge is 0.267 e. The van der Waals surface area contributed by atoms with Crippen molar-refractivity contribution < 1.29 is 4.79 Å². The first kappa shape index (κ1) is 13.7. The number of nitrogens with two attached hydrogens (primary N) is 1. The van der Waals surface area contributed by atoms with Crippen molar-refractivity contribution in [1.82, 2.24) is 24.7 Å². The monoisotopic (exact) mass is 295 g/mol. The van der Waals surface area contributed by atoms with E-state index in [1.807, 2.05) is 30.3 Å². The highest BCUT2D eigenvalue weighted by Crippen LogP contribution is 2.10. The molecule has 22 heavy (non-hydrogen) atoms. The van der Waals surface area contributed by atoms with Crippen molar-refractivity contribution in [1.29, 1.82) is 0 Å². The highest BCUT2D eigenvalue weighted by atomic mass is 16.1. The molecule has 2 heterocycles. The fourth-order valence-corrected chi connectivity index (χ4v) is 1.93. The molecule has 0 bridgehead atoms. The van der Waals surface area contributed by atoms with Crippen molar-refractivity contribution in [2.24, 2.45) is 5.73 Å². The molecule has 0 fully saturated rings. The van der Waals surface area contributed by atoms with Crippen LogP contribution in [-0.4, -0.2) is 30.6 Å². The Morgan fingerprint density at radius 2 is 1.95 bits per heavy atom. The minimum Gasteiger partial charge on any atom is -0.364 e. The second kappa shape index (κ2) is 6.00. The lowest BCUT2D eigenvalue weighted by Crippen LogP contribution is -2.14. The summed E-state index contributed by atoms with van der Waals surface area (Å²) in [5.74, 6) is 0.606. The maximum atomic E-state index is 11.1. The number of aromatic nitrogens is 5. The molecule has 0 atom stereocenters. The fourth-order valence-electron chi connectivity index (χ4n) is 1.93. The van der Waals surface area contributed by atoms with Gasteiger partial charge < -0.3 is 11.1 Å². The number of nitrogens with zero attached hydrogens (tertiary/aromatic N) is 5. The average molecular weight is 295 g/mol. The Kier molecular flexibility index (Phi) is 3.73. The van der Waals surface area contributed by atoms with Crippen LogP contribution in [0.15, 0.2) is 49.1 Å². The van der Waals surface area contributed by atoms with Crippen LogP contribution in [0.4, 0.5) is 5.82 Å². The maximum absolute atomic E-state index is 11.1. The fraction of sp³-hybridized carbons (Fsp3) is 0.0714. The van der Waals surface area contributed by atoms with Gasteiger partial charge in [0.25, 0.3) is 5.91 Å². The first-order valence-corrected chi connectivity index (χ1v) is 6.54. The minimum atomic E-state index is -0.599. The molecule has 1 aromatic carbocycles. The van der Waals surface area contributed by atoms with E-state index in [2.05, 4.69) is 25.4 Å². The quantitative estimate of drug-likeness (QED) is 0.719. The van der Waals surface area contributed by atoms with Crippen molar-refractivity contribution in [2.45, 2.75) is 6.54 Å². The van der Waals surface area contributed by atoms with Gasteiger partial charge in [0.15, 0.2) is 5.82 Å².